The number of nitrogens with zero attached hydrogens (tertiary/aromatic N) is 1. The number of likely N-dealkylation sites (tertiary alicyclic amines) is 1. The van der Waals surface area contributed by atoms with Crippen molar-refractivity contribution in [2.24, 2.45) is 0 Å². The Labute approximate surface area is 340 Å². The molecule has 2 aliphatic rings. The van der Waals surface area contributed by atoms with Crippen LogP contribution in [-0.2, 0) is 9.47 Å². The van der Waals surface area contributed by atoms with Crippen LogP contribution in [0, 0.1) is 0 Å². The number of hydrogen-bond acceptors (Lipinski definition) is 5. The van der Waals surface area contributed by atoms with E-state index in [1.54, 1.807) is 0 Å². The van der Waals surface area contributed by atoms with Gasteiger partial charge in [0.25, 0.3) is 0 Å². The van der Waals surface area contributed by atoms with E-state index in [0.717, 1.165) is 49.7 Å². The molecule has 0 amide bonds. The second kappa shape index (κ2) is 34.2. The molecule has 2 saturated heterocycles. The van der Waals surface area contributed by atoms with Crippen molar-refractivity contribution in [1.82, 2.24) is 4.90 Å². The number of allylic oxidation sites excluding steroid dienone is 4. The van der Waals surface area contributed by atoms with Crippen molar-refractivity contribution in [3.8, 4) is 11.5 Å². The predicted octanol–water partition coefficient (Wildman–Crippen LogP) is 15.0. The normalized spacial score (nSPS) is 17.7. The molecule has 2 unspecified atom stereocenters. The third kappa shape index (κ3) is 25.2. The first-order chi connectivity index (χ1) is 27.3. The highest BCUT2D eigenvalue weighted by Crippen LogP contribution is 2.34. The van der Waals surface area contributed by atoms with E-state index in [1.807, 2.05) is 0 Å². The summed E-state index contributed by atoms with van der Waals surface area (Å²) < 4.78 is 25.2. The molecular formula is C50H87NO4. The van der Waals surface area contributed by atoms with E-state index in [4.69, 9.17) is 18.9 Å². The summed E-state index contributed by atoms with van der Waals surface area (Å²) >= 11 is 0. The lowest BCUT2D eigenvalue weighted by molar-refractivity contribution is -0.0637. The van der Waals surface area contributed by atoms with Gasteiger partial charge in [-0.05, 0) is 102 Å². The van der Waals surface area contributed by atoms with Gasteiger partial charge in [0.05, 0.1) is 25.9 Å². The van der Waals surface area contributed by atoms with Gasteiger partial charge in [-0.3, -0.25) is 0 Å². The summed E-state index contributed by atoms with van der Waals surface area (Å²) in [7, 11) is 0. The minimum absolute atomic E-state index is 0.124. The first kappa shape index (κ1) is 47.6. The molecule has 2 aliphatic heterocycles. The standard InChI is InChI=1S/C50H87NO4/c1-3-5-7-9-11-13-15-17-19-21-23-25-27-29-31-35-39-52-47-41-46(50-54-45-49(55-50)44-51-37-33-34-38-51)42-48(43-47)53-40-36-32-30-28-26-24-22-20-18-16-14-12-10-8-6-4-2/h17-20,41-43,49-50H,3-16,21-40,44-45H2,1-2H3/b19-17-,20-18-. The van der Waals surface area contributed by atoms with Gasteiger partial charge in [-0.2, -0.15) is 0 Å². The Morgan fingerprint density at radius 1 is 0.527 bits per heavy atom. The van der Waals surface area contributed by atoms with E-state index in [0.29, 0.717) is 6.61 Å². The number of benzene rings is 1. The summed E-state index contributed by atoms with van der Waals surface area (Å²) in [6.45, 7) is 10.0. The molecule has 0 aromatic heterocycles. The van der Waals surface area contributed by atoms with E-state index in [-0.39, 0.29) is 12.4 Å². The number of ether oxygens (including phenoxy) is 4. The van der Waals surface area contributed by atoms with Crippen LogP contribution in [0.4, 0.5) is 0 Å². The van der Waals surface area contributed by atoms with Crippen molar-refractivity contribution < 1.29 is 18.9 Å². The summed E-state index contributed by atoms with van der Waals surface area (Å²) in [6, 6.07) is 6.29. The lowest BCUT2D eigenvalue weighted by Crippen LogP contribution is -2.31. The Morgan fingerprint density at radius 2 is 0.927 bits per heavy atom. The van der Waals surface area contributed by atoms with Crippen LogP contribution in [0.5, 0.6) is 11.5 Å². The van der Waals surface area contributed by atoms with Gasteiger partial charge in [0.15, 0.2) is 6.29 Å². The first-order valence-electron chi connectivity index (χ1n) is 24.0. The van der Waals surface area contributed by atoms with Crippen LogP contribution in [0.15, 0.2) is 42.5 Å². The van der Waals surface area contributed by atoms with Gasteiger partial charge in [-0.25, -0.2) is 0 Å². The van der Waals surface area contributed by atoms with Crippen molar-refractivity contribution in [2.45, 2.75) is 219 Å². The fourth-order valence-electron chi connectivity index (χ4n) is 7.95. The lowest BCUT2D eigenvalue weighted by atomic mass is 10.1. The van der Waals surface area contributed by atoms with Gasteiger partial charge < -0.3 is 23.8 Å². The van der Waals surface area contributed by atoms with Gasteiger partial charge in [0, 0.05) is 18.2 Å². The monoisotopic (exact) mass is 766 g/mol. The van der Waals surface area contributed by atoms with E-state index in [9.17, 15) is 0 Å². The van der Waals surface area contributed by atoms with Gasteiger partial charge in [-0.1, -0.05) is 154 Å². The van der Waals surface area contributed by atoms with E-state index in [1.165, 1.54) is 193 Å². The summed E-state index contributed by atoms with van der Waals surface area (Å²) in [5, 5.41) is 0. The third-order valence-corrected chi connectivity index (χ3v) is 11.4. The maximum Gasteiger partial charge on any atom is 0.184 e. The molecule has 0 radical (unpaired) electrons. The van der Waals surface area contributed by atoms with Crippen LogP contribution in [-0.4, -0.2) is 50.5 Å². The Hall–Kier alpha value is -1.82. The summed E-state index contributed by atoms with van der Waals surface area (Å²) in [6.07, 6.45) is 48.8. The van der Waals surface area contributed by atoms with Crippen molar-refractivity contribution in [3.05, 3.63) is 48.1 Å². The molecule has 1 aromatic rings. The average molecular weight is 766 g/mol. The van der Waals surface area contributed by atoms with Gasteiger partial charge in [0.1, 0.15) is 11.5 Å². The molecule has 3 rings (SSSR count). The first-order valence-corrected chi connectivity index (χ1v) is 24.0. The molecule has 0 bridgehead atoms. The van der Waals surface area contributed by atoms with Crippen molar-refractivity contribution in [3.63, 3.8) is 0 Å². The minimum Gasteiger partial charge on any atom is -0.493 e. The van der Waals surface area contributed by atoms with Crippen molar-refractivity contribution >= 4 is 0 Å². The lowest BCUT2D eigenvalue weighted by Gasteiger charge is -2.19. The quantitative estimate of drug-likeness (QED) is 0.0498. The van der Waals surface area contributed by atoms with Crippen LogP contribution in [0.3, 0.4) is 0 Å². The average Bonchev–Trinajstić information content (AvgIpc) is 3.90. The maximum atomic E-state index is 6.41. The highest BCUT2D eigenvalue weighted by atomic mass is 16.7. The minimum atomic E-state index is -0.353. The molecule has 5 heteroatoms. The molecule has 1 aromatic carbocycles. The van der Waals surface area contributed by atoms with Gasteiger partial charge >= 0.3 is 0 Å². The van der Waals surface area contributed by atoms with Crippen LogP contribution >= 0.6 is 0 Å². The summed E-state index contributed by atoms with van der Waals surface area (Å²) in [4.78, 5) is 2.51. The zero-order valence-electron chi connectivity index (χ0n) is 36.2. The van der Waals surface area contributed by atoms with E-state index >= 15 is 0 Å². The van der Waals surface area contributed by atoms with Crippen LogP contribution in [0.25, 0.3) is 0 Å². The maximum absolute atomic E-state index is 6.41. The largest absolute Gasteiger partial charge is 0.493 e. The van der Waals surface area contributed by atoms with Gasteiger partial charge in [-0.15, -0.1) is 0 Å². The predicted molar refractivity (Wildman–Crippen MR) is 236 cm³/mol. The van der Waals surface area contributed by atoms with E-state index < -0.39 is 0 Å². The smallest absolute Gasteiger partial charge is 0.184 e. The highest BCUT2D eigenvalue weighted by molar-refractivity contribution is 5.39. The molecule has 55 heavy (non-hydrogen) atoms. The fourth-order valence-corrected chi connectivity index (χ4v) is 7.95. The Morgan fingerprint density at radius 3 is 1.36 bits per heavy atom. The van der Waals surface area contributed by atoms with Crippen molar-refractivity contribution in [1.29, 1.82) is 0 Å². The molecule has 0 saturated carbocycles. The second-order valence-electron chi connectivity index (χ2n) is 16.7. The third-order valence-electron chi connectivity index (χ3n) is 11.4. The second-order valence-corrected chi connectivity index (χ2v) is 16.7. The molecule has 2 fully saturated rings. The molecule has 0 spiro atoms. The Balaban J connectivity index is 1.28. The SMILES string of the molecule is CCCCCCCC/C=C\CCCCCCCCOc1cc(OCCCCCCCC/C=C\CCCCCCCC)cc(C2OCC(CN3CCCC3)O2)c1. The fraction of sp³-hybridized carbons (Fsp3) is 0.800. The van der Waals surface area contributed by atoms with Crippen LogP contribution in [0.1, 0.15) is 218 Å². The molecule has 5 nitrogen and oxygen atoms in total. The summed E-state index contributed by atoms with van der Waals surface area (Å²) in [5.74, 6) is 1.74. The molecule has 2 heterocycles. The zero-order chi connectivity index (χ0) is 38.7. The Kier molecular flexibility index (Phi) is 29.6. The molecule has 0 N–H and O–H groups in total. The van der Waals surface area contributed by atoms with E-state index in [2.05, 4.69) is 61.3 Å². The molecule has 0 aliphatic carbocycles. The molecular weight excluding hydrogens is 679 g/mol. The van der Waals surface area contributed by atoms with Gasteiger partial charge in [0.2, 0.25) is 0 Å². The zero-order valence-corrected chi connectivity index (χ0v) is 36.2. The molecule has 2 atom stereocenters. The summed E-state index contributed by atoms with van der Waals surface area (Å²) in [5.41, 5.74) is 1.01. The van der Waals surface area contributed by atoms with Crippen LogP contribution in [0.2, 0.25) is 0 Å². The molecule has 316 valence electrons. The highest BCUT2D eigenvalue weighted by Gasteiger charge is 2.30. The number of rotatable bonds is 37. The van der Waals surface area contributed by atoms with Crippen molar-refractivity contribution in [2.75, 3.05) is 39.5 Å². The van der Waals surface area contributed by atoms with Crippen LogP contribution < -0.4 is 9.47 Å². The topological polar surface area (TPSA) is 40.2 Å². The number of hydrogen-bond donors (Lipinski definition) is 0. The number of unbranched alkanes of at least 4 members (excludes halogenated alkanes) is 24. The Bertz CT molecular complexity index is 1000.